The van der Waals surface area contributed by atoms with Crippen molar-refractivity contribution >= 4 is 0 Å². The predicted octanol–water partition coefficient (Wildman–Crippen LogP) is 1.05. The molecule has 5 heteroatoms. The summed E-state index contributed by atoms with van der Waals surface area (Å²) in [6, 6.07) is 0.664. The summed E-state index contributed by atoms with van der Waals surface area (Å²) < 4.78 is 1.81. The first-order chi connectivity index (χ1) is 8.38. The van der Waals surface area contributed by atoms with E-state index in [2.05, 4.69) is 15.6 Å². The summed E-state index contributed by atoms with van der Waals surface area (Å²) in [4.78, 5) is 0. The van der Waals surface area contributed by atoms with Crippen molar-refractivity contribution < 1.29 is 0 Å². The molecule has 1 aliphatic carbocycles. The van der Waals surface area contributed by atoms with Crippen LogP contribution in [0.25, 0.3) is 0 Å². The molecule has 17 heavy (non-hydrogen) atoms. The van der Waals surface area contributed by atoms with Crippen molar-refractivity contribution in [1.29, 1.82) is 0 Å². The smallest absolute Gasteiger partial charge is 0.0964 e. The lowest BCUT2D eigenvalue weighted by molar-refractivity contribution is 0.456. The van der Waals surface area contributed by atoms with E-state index in [9.17, 15) is 0 Å². The Bertz CT molecular complexity index is 314. The molecule has 3 N–H and O–H groups in total. The standard InChI is InChI=1S/C12H23N5/c13-7-8-17-10-12(15-16-17)9-14-11-5-3-1-2-4-6-11/h10-11,14H,1-9,13H2. The van der Waals surface area contributed by atoms with Crippen LogP contribution in [0.1, 0.15) is 44.2 Å². The number of nitrogens with zero attached hydrogens (tertiary/aromatic N) is 3. The molecule has 96 valence electrons. The van der Waals surface area contributed by atoms with Gasteiger partial charge in [-0.3, -0.25) is 4.68 Å². The van der Waals surface area contributed by atoms with Gasteiger partial charge in [-0.2, -0.15) is 0 Å². The minimum atomic E-state index is 0.610. The Hall–Kier alpha value is -0.940. The zero-order valence-electron chi connectivity index (χ0n) is 10.4. The van der Waals surface area contributed by atoms with Gasteiger partial charge in [0.05, 0.1) is 12.2 Å². The van der Waals surface area contributed by atoms with Crippen molar-refractivity contribution in [3.05, 3.63) is 11.9 Å². The molecule has 0 amide bonds. The van der Waals surface area contributed by atoms with Crippen LogP contribution in [-0.4, -0.2) is 27.6 Å². The number of hydrogen-bond donors (Lipinski definition) is 2. The van der Waals surface area contributed by atoms with E-state index >= 15 is 0 Å². The summed E-state index contributed by atoms with van der Waals surface area (Å²) in [6.45, 7) is 2.19. The van der Waals surface area contributed by atoms with Gasteiger partial charge in [0, 0.05) is 25.3 Å². The zero-order valence-corrected chi connectivity index (χ0v) is 10.4. The molecule has 1 fully saturated rings. The summed E-state index contributed by atoms with van der Waals surface area (Å²) in [5.74, 6) is 0. The SMILES string of the molecule is NCCn1cc(CNC2CCCCCC2)nn1. The second-order valence-corrected chi connectivity index (χ2v) is 4.83. The Labute approximate surface area is 103 Å². The largest absolute Gasteiger partial charge is 0.329 e. The summed E-state index contributed by atoms with van der Waals surface area (Å²) in [5.41, 5.74) is 6.49. The predicted molar refractivity (Wildman–Crippen MR) is 67.4 cm³/mol. The van der Waals surface area contributed by atoms with Crippen LogP contribution in [-0.2, 0) is 13.1 Å². The lowest BCUT2D eigenvalue weighted by Crippen LogP contribution is -2.28. The molecule has 2 rings (SSSR count). The Morgan fingerprint density at radius 2 is 2.06 bits per heavy atom. The molecule has 1 aliphatic rings. The van der Waals surface area contributed by atoms with Crippen LogP contribution in [0.15, 0.2) is 6.20 Å². The molecule has 0 saturated heterocycles. The topological polar surface area (TPSA) is 68.8 Å². The van der Waals surface area contributed by atoms with Gasteiger partial charge in [-0.05, 0) is 12.8 Å². The summed E-state index contributed by atoms with van der Waals surface area (Å²) in [7, 11) is 0. The highest BCUT2D eigenvalue weighted by atomic mass is 15.4. The molecule has 0 bridgehead atoms. The highest BCUT2D eigenvalue weighted by Gasteiger charge is 2.11. The van der Waals surface area contributed by atoms with Gasteiger partial charge in [0.2, 0.25) is 0 Å². The molecule has 0 atom stereocenters. The molecular weight excluding hydrogens is 214 g/mol. The lowest BCUT2D eigenvalue weighted by atomic mass is 10.1. The van der Waals surface area contributed by atoms with Gasteiger partial charge in [-0.15, -0.1) is 5.10 Å². The number of rotatable bonds is 5. The molecule has 1 heterocycles. The summed E-state index contributed by atoms with van der Waals surface area (Å²) >= 11 is 0. The molecule has 1 saturated carbocycles. The number of aromatic nitrogens is 3. The van der Waals surface area contributed by atoms with Crippen LogP contribution in [0.5, 0.6) is 0 Å². The molecule has 5 nitrogen and oxygen atoms in total. The van der Waals surface area contributed by atoms with Crippen LogP contribution in [0.4, 0.5) is 0 Å². The van der Waals surface area contributed by atoms with Crippen LogP contribution in [0, 0.1) is 0 Å². The maximum atomic E-state index is 5.47. The van der Waals surface area contributed by atoms with E-state index in [4.69, 9.17) is 5.73 Å². The first kappa shape index (κ1) is 12.5. The highest BCUT2D eigenvalue weighted by molar-refractivity contribution is 4.92. The van der Waals surface area contributed by atoms with Crippen molar-refractivity contribution in [2.75, 3.05) is 6.54 Å². The van der Waals surface area contributed by atoms with Gasteiger partial charge in [0.1, 0.15) is 0 Å². The Balaban J connectivity index is 1.75. The van der Waals surface area contributed by atoms with Crippen molar-refractivity contribution in [3.63, 3.8) is 0 Å². The molecule has 0 aliphatic heterocycles. The lowest BCUT2D eigenvalue weighted by Gasteiger charge is -2.14. The molecule has 0 spiro atoms. The molecule has 0 aromatic carbocycles. The molecule has 0 radical (unpaired) electrons. The normalized spacial score (nSPS) is 18.2. The fourth-order valence-corrected chi connectivity index (χ4v) is 2.39. The molecule has 1 aromatic heterocycles. The van der Waals surface area contributed by atoms with Gasteiger partial charge in [-0.25, -0.2) is 0 Å². The van der Waals surface area contributed by atoms with E-state index in [1.54, 1.807) is 0 Å². The monoisotopic (exact) mass is 237 g/mol. The number of hydrogen-bond acceptors (Lipinski definition) is 4. The van der Waals surface area contributed by atoms with Gasteiger partial charge in [-0.1, -0.05) is 30.9 Å². The van der Waals surface area contributed by atoms with Gasteiger partial charge < -0.3 is 11.1 Å². The van der Waals surface area contributed by atoms with Crippen molar-refractivity contribution in [1.82, 2.24) is 20.3 Å². The average molecular weight is 237 g/mol. The van der Waals surface area contributed by atoms with Crippen molar-refractivity contribution in [2.24, 2.45) is 5.73 Å². The fraction of sp³-hybridized carbons (Fsp3) is 0.833. The zero-order chi connectivity index (χ0) is 11.9. The maximum absolute atomic E-state index is 5.47. The molecule has 1 aromatic rings. The summed E-state index contributed by atoms with van der Waals surface area (Å²) in [6.07, 6.45) is 10.1. The molecular formula is C12H23N5. The van der Waals surface area contributed by atoms with Crippen LogP contribution < -0.4 is 11.1 Å². The Kier molecular flexibility index (Phi) is 4.94. The van der Waals surface area contributed by atoms with E-state index in [-0.39, 0.29) is 0 Å². The second-order valence-electron chi connectivity index (χ2n) is 4.83. The number of nitrogens with one attached hydrogen (secondary N) is 1. The Morgan fingerprint density at radius 3 is 2.76 bits per heavy atom. The third-order valence-corrected chi connectivity index (χ3v) is 3.37. The second kappa shape index (κ2) is 6.71. The highest BCUT2D eigenvalue weighted by Crippen LogP contribution is 2.17. The van der Waals surface area contributed by atoms with Crippen LogP contribution >= 0.6 is 0 Å². The molecule has 0 unspecified atom stereocenters. The van der Waals surface area contributed by atoms with Crippen molar-refractivity contribution in [3.8, 4) is 0 Å². The van der Waals surface area contributed by atoms with Crippen molar-refractivity contribution in [2.45, 2.75) is 57.7 Å². The maximum Gasteiger partial charge on any atom is 0.0964 e. The third-order valence-electron chi connectivity index (χ3n) is 3.37. The van der Waals surface area contributed by atoms with E-state index in [1.165, 1.54) is 38.5 Å². The van der Waals surface area contributed by atoms with Crippen LogP contribution in [0.3, 0.4) is 0 Å². The number of nitrogens with two attached hydrogens (primary N) is 1. The van der Waals surface area contributed by atoms with Gasteiger partial charge >= 0.3 is 0 Å². The van der Waals surface area contributed by atoms with E-state index in [0.29, 0.717) is 12.6 Å². The van der Waals surface area contributed by atoms with Gasteiger partial charge in [0.15, 0.2) is 0 Å². The Morgan fingerprint density at radius 1 is 1.29 bits per heavy atom. The first-order valence-electron chi connectivity index (χ1n) is 6.71. The fourth-order valence-electron chi connectivity index (χ4n) is 2.39. The average Bonchev–Trinajstić information content (AvgIpc) is 2.63. The van der Waals surface area contributed by atoms with E-state index in [0.717, 1.165) is 18.8 Å². The van der Waals surface area contributed by atoms with E-state index in [1.807, 2.05) is 10.9 Å². The quantitative estimate of drug-likeness (QED) is 0.751. The minimum absolute atomic E-state index is 0.610. The van der Waals surface area contributed by atoms with E-state index < -0.39 is 0 Å². The minimum Gasteiger partial charge on any atom is -0.329 e. The van der Waals surface area contributed by atoms with Gasteiger partial charge in [0.25, 0.3) is 0 Å². The summed E-state index contributed by atoms with van der Waals surface area (Å²) in [5, 5.41) is 11.8. The third kappa shape index (κ3) is 4.09. The van der Waals surface area contributed by atoms with Crippen LogP contribution in [0.2, 0.25) is 0 Å². The first-order valence-corrected chi connectivity index (χ1v) is 6.71.